The summed E-state index contributed by atoms with van der Waals surface area (Å²) in [6.07, 6.45) is 3.01. The number of nitrogens with zero attached hydrogens (tertiary/aromatic N) is 1. The Kier molecular flexibility index (Phi) is 5.76. The minimum absolute atomic E-state index is 0.174. The Bertz CT molecular complexity index is 761. The molecule has 0 fully saturated rings. The molecule has 1 aromatic carbocycles. The van der Waals surface area contributed by atoms with E-state index in [1.807, 2.05) is 61.1 Å². The Morgan fingerprint density at radius 2 is 1.96 bits per heavy atom. The number of benzene rings is 1. The molecule has 2 aromatic rings. The Balaban J connectivity index is 1.86. The van der Waals surface area contributed by atoms with E-state index in [9.17, 15) is 13.5 Å². The Labute approximate surface area is 137 Å². The second-order valence-electron chi connectivity index (χ2n) is 5.50. The van der Waals surface area contributed by atoms with Crippen molar-refractivity contribution in [1.82, 2.24) is 9.29 Å². The molecule has 2 rings (SSSR count). The monoisotopic (exact) mass is 334 g/mol. The van der Waals surface area contributed by atoms with Crippen LogP contribution in [0.15, 0.2) is 48.0 Å². The Hall–Kier alpha value is -1.89. The molecule has 2 N–H and O–H groups in total. The molecule has 0 amide bonds. The van der Waals surface area contributed by atoms with Crippen LogP contribution in [0.3, 0.4) is 0 Å². The van der Waals surface area contributed by atoms with Gasteiger partial charge < -0.3 is 9.67 Å². The second kappa shape index (κ2) is 7.59. The number of nitrogens with one attached hydrogen (secondary N) is 1. The number of aryl methyl sites for hydroxylation is 2. The van der Waals surface area contributed by atoms with Crippen molar-refractivity contribution < 1.29 is 13.5 Å². The molecular formula is C17H22N2O3S. The van der Waals surface area contributed by atoms with E-state index in [1.54, 1.807) is 6.08 Å². The molecule has 1 aromatic heterocycles. The molecule has 0 bridgehead atoms. The molecule has 124 valence electrons. The van der Waals surface area contributed by atoms with Crippen molar-refractivity contribution in [2.75, 3.05) is 6.54 Å². The van der Waals surface area contributed by atoms with Gasteiger partial charge in [0.15, 0.2) is 0 Å². The minimum atomic E-state index is -3.51. The van der Waals surface area contributed by atoms with E-state index in [0.717, 1.165) is 22.2 Å². The topological polar surface area (TPSA) is 71.3 Å². The summed E-state index contributed by atoms with van der Waals surface area (Å²) < 4.78 is 28.1. The fourth-order valence-electron chi connectivity index (χ4n) is 2.20. The predicted molar refractivity (Wildman–Crippen MR) is 92.1 cm³/mol. The number of sulfonamides is 1. The van der Waals surface area contributed by atoms with Gasteiger partial charge in [-0.15, -0.1) is 0 Å². The standard InChI is InChI=1S/C17H22N2O3S/c1-14-5-7-15(8-6-14)10-13-23(21,22)18-11-9-17(20)16-4-3-12-19(16)2/h3-8,10,12-13,17-18,20H,9,11H2,1-2H3/b13-10+. The van der Waals surface area contributed by atoms with Crippen molar-refractivity contribution >= 4 is 16.1 Å². The third-order valence-electron chi connectivity index (χ3n) is 3.56. The van der Waals surface area contributed by atoms with Crippen LogP contribution in [-0.4, -0.2) is 24.6 Å². The first-order valence-electron chi connectivity index (χ1n) is 7.41. The molecule has 0 saturated heterocycles. The number of aromatic nitrogens is 1. The number of aliphatic hydroxyl groups is 1. The van der Waals surface area contributed by atoms with Gasteiger partial charge in [-0.2, -0.15) is 0 Å². The Morgan fingerprint density at radius 1 is 1.26 bits per heavy atom. The number of hydrogen-bond acceptors (Lipinski definition) is 3. The SMILES string of the molecule is Cc1ccc(/C=C/S(=O)(=O)NCCC(O)c2cccn2C)cc1. The van der Waals surface area contributed by atoms with Crippen LogP contribution in [-0.2, 0) is 17.1 Å². The van der Waals surface area contributed by atoms with Crippen LogP contribution < -0.4 is 4.72 Å². The largest absolute Gasteiger partial charge is 0.387 e. The third kappa shape index (κ3) is 5.35. The van der Waals surface area contributed by atoms with Crippen LogP contribution in [0.5, 0.6) is 0 Å². The zero-order valence-electron chi connectivity index (χ0n) is 13.3. The summed E-state index contributed by atoms with van der Waals surface area (Å²) in [6.45, 7) is 2.15. The molecule has 0 radical (unpaired) electrons. The van der Waals surface area contributed by atoms with E-state index in [2.05, 4.69) is 4.72 Å². The summed E-state index contributed by atoms with van der Waals surface area (Å²) in [5.41, 5.74) is 2.71. The lowest BCUT2D eigenvalue weighted by Gasteiger charge is -2.12. The van der Waals surface area contributed by atoms with Gasteiger partial charge in [-0.3, -0.25) is 0 Å². The second-order valence-corrected chi connectivity index (χ2v) is 7.15. The summed E-state index contributed by atoms with van der Waals surface area (Å²) in [5.74, 6) is 0. The van der Waals surface area contributed by atoms with E-state index in [4.69, 9.17) is 0 Å². The average Bonchev–Trinajstić information content (AvgIpc) is 2.93. The van der Waals surface area contributed by atoms with Gasteiger partial charge in [-0.1, -0.05) is 29.8 Å². The first-order valence-corrected chi connectivity index (χ1v) is 8.96. The molecule has 0 saturated carbocycles. The normalized spacial score (nSPS) is 13.5. The van der Waals surface area contributed by atoms with Gasteiger partial charge in [-0.05, 0) is 37.1 Å². The fraction of sp³-hybridized carbons (Fsp3) is 0.294. The summed E-state index contributed by atoms with van der Waals surface area (Å²) in [6, 6.07) is 11.2. The number of hydrogen-bond donors (Lipinski definition) is 2. The van der Waals surface area contributed by atoms with Crippen LogP contribution in [0, 0.1) is 6.92 Å². The van der Waals surface area contributed by atoms with Gasteiger partial charge in [0.05, 0.1) is 6.10 Å². The van der Waals surface area contributed by atoms with E-state index >= 15 is 0 Å². The molecule has 0 aliphatic rings. The van der Waals surface area contributed by atoms with Gasteiger partial charge >= 0.3 is 0 Å². The van der Waals surface area contributed by atoms with Gasteiger partial charge in [-0.25, -0.2) is 13.1 Å². The zero-order chi connectivity index (χ0) is 16.9. The minimum Gasteiger partial charge on any atom is -0.387 e. The smallest absolute Gasteiger partial charge is 0.233 e. The number of aliphatic hydroxyl groups excluding tert-OH is 1. The molecule has 5 nitrogen and oxygen atoms in total. The van der Waals surface area contributed by atoms with Crippen molar-refractivity contribution in [3.8, 4) is 0 Å². The first kappa shape index (κ1) is 17.5. The van der Waals surface area contributed by atoms with Crippen LogP contribution in [0.2, 0.25) is 0 Å². The van der Waals surface area contributed by atoms with Gasteiger partial charge in [0.2, 0.25) is 10.0 Å². The van der Waals surface area contributed by atoms with Gasteiger partial charge in [0, 0.05) is 30.9 Å². The third-order valence-corrected chi connectivity index (χ3v) is 4.66. The Morgan fingerprint density at radius 3 is 2.57 bits per heavy atom. The van der Waals surface area contributed by atoms with Crippen molar-refractivity contribution in [3.05, 3.63) is 64.8 Å². The maximum atomic E-state index is 11.9. The van der Waals surface area contributed by atoms with Crippen molar-refractivity contribution in [2.45, 2.75) is 19.4 Å². The summed E-state index contributed by atoms with van der Waals surface area (Å²) in [7, 11) is -1.67. The summed E-state index contributed by atoms with van der Waals surface area (Å²) in [4.78, 5) is 0. The highest BCUT2D eigenvalue weighted by Crippen LogP contribution is 2.15. The van der Waals surface area contributed by atoms with E-state index in [0.29, 0.717) is 6.42 Å². The maximum absolute atomic E-state index is 11.9. The lowest BCUT2D eigenvalue weighted by molar-refractivity contribution is 0.161. The van der Waals surface area contributed by atoms with E-state index < -0.39 is 16.1 Å². The van der Waals surface area contributed by atoms with Crippen molar-refractivity contribution in [2.24, 2.45) is 7.05 Å². The molecule has 1 atom stereocenters. The van der Waals surface area contributed by atoms with Gasteiger partial charge in [0.25, 0.3) is 0 Å². The molecular weight excluding hydrogens is 312 g/mol. The molecule has 0 aliphatic carbocycles. The summed E-state index contributed by atoms with van der Waals surface area (Å²) in [5, 5.41) is 11.2. The molecule has 6 heteroatoms. The highest BCUT2D eigenvalue weighted by Gasteiger charge is 2.12. The molecule has 23 heavy (non-hydrogen) atoms. The van der Waals surface area contributed by atoms with E-state index in [-0.39, 0.29) is 6.54 Å². The van der Waals surface area contributed by atoms with Gasteiger partial charge in [0.1, 0.15) is 0 Å². The summed E-state index contributed by atoms with van der Waals surface area (Å²) >= 11 is 0. The highest BCUT2D eigenvalue weighted by molar-refractivity contribution is 7.92. The molecule has 0 aliphatic heterocycles. The van der Waals surface area contributed by atoms with Crippen molar-refractivity contribution in [3.63, 3.8) is 0 Å². The van der Waals surface area contributed by atoms with Crippen molar-refractivity contribution in [1.29, 1.82) is 0 Å². The lowest BCUT2D eigenvalue weighted by atomic mass is 10.2. The molecule has 0 spiro atoms. The predicted octanol–water partition coefficient (Wildman–Crippen LogP) is 2.35. The fourth-order valence-corrected chi connectivity index (χ4v) is 3.03. The van der Waals surface area contributed by atoms with Crippen LogP contribution in [0.25, 0.3) is 6.08 Å². The number of rotatable bonds is 7. The lowest BCUT2D eigenvalue weighted by Crippen LogP contribution is -2.24. The quantitative estimate of drug-likeness (QED) is 0.816. The average molecular weight is 334 g/mol. The maximum Gasteiger partial charge on any atom is 0.233 e. The van der Waals surface area contributed by atoms with E-state index in [1.165, 1.54) is 0 Å². The van der Waals surface area contributed by atoms with Crippen LogP contribution in [0.1, 0.15) is 29.3 Å². The highest BCUT2D eigenvalue weighted by atomic mass is 32.2. The zero-order valence-corrected chi connectivity index (χ0v) is 14.1. The van der Waals surface area contributed by atoms with Crippen LogP contribution >= 0.6 is 0 Å². The molecule has 1 unspecified atom stereocenters. The first-order chi connectivity index (χ1) is 10.9. The van der Waals surface area contributed by atoms with Crippen LogP contribution in [0.4, 0.5) is 0 Å². The molecule has 1 heterocycles.